The van der Waals surface area contributed by atoms with E-state index in [-0.39, 0.29) is 12.5 Å². The van der Waals surface area contributed by atoms with Gasteiger partial charge >= 0.3 is 5.97 Å². The molecule has 1 aromatic rings. The van der Waals surface area contributed by atoms with Crippen molar-refractivity contribution >= 4 is 11.9 Å². The van der Waals surface area contributed by atoms with Crippen molar-refractivity contribution < 1.29 is 14.3 Å². The third-order valence-corrected chi connectivity index (χ3v) is 5.14. The zero-order valence-corrected chi connectivity index (χ0v) is 13.7. The Bertz CT molecular complexity index is 646. The molecule has 0 unspecified atom stereocenters. The van der Waals surface area contributed by atoms with E-state index in [2.05, 4.69) is 0 Å². The first-order valence-corrected chi connectivity index (χ1v) is 8.66. The molecule has 5 heteroatoms. The molecule has 1 aromatic carbocycles. The molecule has 0 radical (unpaired) electrons. The highest BCUT2D eigenvalue weighted by molar-refractivity contribution is 5.91. The zero-order chi connectivity index (χ0) is 16.9. The number of likely N-dealkylation sites (tertiary alicyclic amines) is 1. The van der Waals surface area contributed by atoms with Crippen LogP contribution in [0.25, 0.3) is 0 Å². The van der Waals surface area contributed by atoms with E-state index in [0.29, 0.717) is 23.1 Å². The average Bonchev–Trinajstić information content (AvgIpc) is 2.65. The molecule has 2 atom stereocenters. The minimum atomic E-state index is -0.523. The van der Waals surface area contributed by atoms with E-state index in [9.17, 15) is 9.59 Å². The van der Waals surface area contributed by atoms with Gasteiger partial charge in [-0.3, -0.25) is 4.79 Å². The summed E-state index contributed by atoms with van der Waals surface area (Å²) in [6, 6.07) is 8.55. The highest BCUT2D eigenvalue weighted by Crippen LogP contribution is 2.35. The third-order valence-electron chi connectivity index (χ3n) is 5.14. The number of fused-ring (bicyclic) bond motifs is 1. The van der Waals surface area contributed by atoms with Gasteiger partial charge in [0.15, 0.2) is 6.61 Å². The topological polar surface area (TPSA) is 70.4 Å². The predicted octanol–water partition coefficient (Wildman–Crippen LogP) is 2.90. The number of hydrogen-bond donors (Lipinski definition) is 0. The van der Waals surface area contributed by atoms with Crippen molar-refractivity contribution in [2.45, 2.75) is 44.6 Å². The molecule has 0 spiro atoms. The lowest BCUT2D eigenvalue weighted by Gasteiger charge is -2.44. The van der Waals surface area contributed by atoms with Gasteiger partial charge in [-0.25, -0.2) is 4.79 Å². The fourth-order valence-corrected chi connectivity index (χ4v) is 3.91. The van der Waals surface area contributed by atoms with Gasteiger partial charge in [0.25, 0.3) is 5.91 Å². The molecule has 126 valence electrons. The molecular weight excluding hydrogens is 304 g/mol. The minimum Gasteiger partial charge on any atom is -0.452 e. The smallest absolute Gasteiger partial charge is 0.338 e. The minimum absolute atomic E-state index is 0.0893. The summed E-state index contributed by atoms with van der Waals surface area (Å²) in [4.78, 5) is 26.5. The molecule has 2 fully saturated rings. The average molecular weight is 326 g/mol. The van der Waals surface area contributed by atoms with Crippen LogP contribution in [0, 0.1) is 17.2 Å². The first-order chi connectivity index (χ1) is 11.7. The number of nitriles is 1. The van der Waals surface area contributed by atoms with Gasteiger partial charge in [-0.2, -0.15) is 5.26 Å². The molecule has 1 aliphatic carbocycles. The summed E-state index contributed by atoms with van der Waals surface area (Å²) in [7, 11) is 0. The molecule has 24 heavy (non-hydrogen) atoms. The van der Waals surface area contributed by atoms with Crippen LogP contribution < -0.4 is 0 Å². The Labute approximate surface area is 142 Å². The molecular formula is C19H22N2O3. The van der Waals surface area contributed by atoms with Crippen LogP contribution in [0.4, 0.5) is 0 Å². The lowest BCUT2D eigenvalue weighted by Crippen LogP contribution is -2.50. The van der Waals surface area contributed by atoms with Crippen molar-refractivity contribution in [1.82, 2.24) is 4.90 Å². The van der Waals surface area contributed by atoms with Crippen molar-refractivity contribution in [3.05, 3.63) is 35.4 Å². The maximum atomic E-state index is 12.5. The summed E-state index contributed by atoms with van der Waals surface area (Å²) in [5, 5.41) is 8.77. The van der Waals surface area contributed by atoms with Crippen LogP contribution >= 0.6 is 0 Å². The number of carbonyl (C=O) groups excluding carboxylic acids is 2. The number of hydrogen-bond acceptors (Lipinski definition) is 4. The fraction of sp³-hybridized carbons (Fsp3) is 0.526. The van der Waals surface area contributed by atoms with Gasteiger partial charge in [0, 0.05) is 12.6 Å². The first-order valence-electron chi connectivity index (χ1n) is 8.66. The monoisotopic (exact) mass is 326 g/mol. The molecule has 5 nitrogen and oxygen atoms in total. The number of piperidine rings is 1. The van der Waals surface area contributed by atoms with Gasteiger partial charge in [-0.05, 0) is 55.9 Å². The molecule has 0 bridgehead atoms. The standard InChI is InChI=1S/C19H22N2O3/c20-12-14-7-9-16(10-8-14)19(23)24-13-18(22)21-11-3-5-15-4-1-2-6-17(15)21/h7-10,15,17H,1-6,11,13H2/t15-,17+/m0/s1. The summed E-state index contributed by atoms with van der Waals surface area (Å²) < 4.78 is 5.18. The Morgan fingerprint density at radius 3 is 2.58 bits per heavy atom. The van der Waals surface area contributed by atoms with Crippen LogP contribution in [-0.4, -0.2) is 36.0 Å². The first kappa shape index (κ1) is 16.5. The number of benzene rings is 1. The largest absolute Gasteiger partial charge is 0.452 e. The van der Waals surface area contributed by atoms with Crippen LogP contribution in [0.15, 0.2) is 24.3 Å². The van der Waals surface area contributed by atoms with Gasteiger partial charge in [0.1, 0.15) is 0 Å². The lowest BCUT2D eigenvalue weighted by atomic mass is 9.78. The summed E-state index contributed by atoms with van der Waals surface area (Å²) in [6.45, 7) is 0.566. The van der Waals surface area contributed by atoms with Gasteiger partial charge in [-0.15, -0.1) is 0 Å². The van der Waals surface area contributed by atoms with E-state index in [0.717, 1.165) is 19.4 Å². The molecule has 1 heterocycles. The Balaban J connectivity index is 1.56. The maximum Gasteiger partial charge on any atom is 0.338 e. The highest BCUT2D eigenvalue weighted by Gasteiger charge is 2.35. The van der Waals surface area contributed by atoms with E-state index in [1.54, 1.807) is 24.3 Å². The van der Waals surface area contributed by atoms with Gasteiger partial charge in [0.05, 0.1) is 17.2 Å². The predicted molar refractivity (Wildman–Crippen MR) is 88.1 cm³/mol. The number of rotatable bonds is 3. The molecule has 3 rings (SSSR count). The SMILES string of the molecule is N#Cc1ccc(C(=O)OCC(=O)N2CCC[C@@H]3CCCC[C@H]32)cc1. The van der Waals surface area contributed by atoms with Crippen molar-refractivity contribution in [3.8, 4) is 6.07 Å². The number of nitrogens with zero attached hydrogens (tertiary/aromatic N) is 2. The highest BCUT2D eigenvalue weighted by atomic mass is 16.5. The summed E-state index contributed by atoms with van der Waals surface area (Å²) in [6.07, 6.45) is 6.96. The van der Waals surface area contributed by atoms with E-state index in [1.807, 2.05) is 11.0 Å². The number of esters is 1. The summed E-state index contributed by atoms with van der Waals surface area (Å²) in [5.41, 5.74) is 0.843. The zero-order valence-electron chi connectivity index (χ0n) is 13.7. The van der Waals surface area contributed by atoms with Crippen molar-refractivity contribution in [3.63, 3.8) is 0 Å². The van der Waals surface area contributed by atoms with Gasteiger partial charge in [-0.1, -0.05) is 12.8 Å². The van der Waals surface area contributed by atoms with Crippen LogP contribution in [0.1, 0.15) is 54.4 Å². The molecule has 0 N–H and O–H groups in total. The Hall–Kier alpha value is -2.35. The molecule has 1 aliphatic heterocycles. The Morgan fingerprint density at radius 2 is 1.83 bits per heavy atom. The van der Waals surface area contributed by atoms with Gasteiger partial charge < -0.3 is 9.64 Å². The molecule has 1 saturated heterocycles. The number of amides is 1. The normalized spacial score (nSPS) is 23.0. The Kier molecular flexibility index (Phi) is 5.14. The van der Waals surface area contributed by atoms with Crippen molar-refractivity contribution in [1.29, 1.82) is 5.26 Å². The van der Waals surface area contributed by atoms with E-state index in [1.165, 1.54) is 25.7 Å². The van der Waals surface area contributed by atoms with E-state index in [4.69, 9.17) is 10.00 Å². The number of ether oxygens (including phenoxy) is 1. The van der Waals surface area contributed by atoms with Crippen molar-refractivity contribution in [2.75, 3.05) is 13.2 Å². The van der Waals surface area contributed by atoms with Crippen LogP contribution in [0.5, 0.6) is 0 Å². The molecule has 1 amide bonds. The van der Waals surface area contributed by atoms with Gasteiger partial charge in [0.2, 0.25) is 0 Å². The summed E-state index contributed by atoms with van der Waals surface area (Å²) in [5.74, 6) is 0.00400. The van der Waals surface area contributed by atoms with E-state index < -0.39 is 5.97 Å². The quantitative estimate of drug-likeness (QED) is 0.801. The second-order valence-corrected chi connectivity index (χ2v) is 6.61. The maximum absolute atomic E-state index is 12.5. The van der Waals surface area contributed by atoms with Crippen molar-refractivity contribution in [2.24, 2.45) is 5.92 Å². The third kappa shape index (κ3) is 3.59. The van der Waals surface area contributed by atoms with Crippen LogP contribution in [-0.2, 0) is 9.53 Å². The van der Waals surface area contributed by atoms with Crippen LogP contribution in [0.3, 0.4) is 0 Å². The second kappa shape index (κ2) is 7.48. The molecule has 1 saturated carbocycles. The summed E-state index contributed by atoms with van der Waals surface area (Å²) >= 11 is 0. The molecule has 0 aromatic heterocycles. The number of carbonyl (C=O) groups is 2. The fourth-order valence-electron chi connectivity index (χ4n) is 3.91. The Morgan fingerprint density at radius 1 is 1.12 bits per heavy atom. The van der Waals surface area contributed by atoms with E-state index >= 15 is 0 Å². The molecule has 2 aliphatic rings. The lowest BCUT2D eigenvalue weighted by molar-refractivity contribution is -0.140. The van der Waals surface area contributed by atoms with Crippen LogP contribution in [0.2, 0.25) is 0 Å². The second-order valence-electron chi connectivity index (χ2n) is 6.61.